The molecule has 2 unspecified atom stereocenters. The van der Waals surface area contributed by atoms with Crippen molar-refractivity contribution in [3.63, 3.8) is 0 Å². The fourth-order valence-electron chi connectivity index (χ4n) is 2.26. The van der Waals surface area contributed by atoms with Crippen molar-refractivity contribution in [2.24, 2.45) is 0 Å². The van der Waals surface area contributed by atoms with E-state index in [9.17, 15) is 19.5 Å². The van der Waals surface area contributed by atoms with Gasteiger partial charge in [0.2, 0.25) is 11.8 Å². The van der Waals surface area contributed by atoms with Gasteiger partial charge in [0, 0.05) is 31.6 Å². The minimum atomic E-state index is -1.07. The standard InChI is InChI=1S/C19H28N2O6S/c1-27-11-9-15(22)13-28-12-10-16(21-17(23)7-8-18(24)25)19(26)20-14-5-3-2-4-6-14/h2-6,15-16,22H,7-13H2,1H3,(H,20,26)(H,21,23)(H,24,25). The molecule has 1 aromatic carbocycles. The first-order valence-electron chi connectivity index (χ1n) is 9.04. The Morgan fingerprint density at radius 1 is 1.14 bits per heavy atom. The quantitative estimate of drug-likeness (QED) is 0.341. The summed E-state index contributed by atoms with van der Waals surface area (Å²) in [5, 5.41) is 23.9. The number of rotatable bonds is 14. The number of hydrogen-bond donors (Lipinski definition) is 4. The molecule has 8 nitrogen and oxygen atoms in total. The van der Waals surface area contributed by atoms with E-state index in [-0.39, 0.29) is 18.7 Å². The summed E-state index contributed by atoms with van der Waals surface area (Å²) in [4.78, 5) is 35.1. The number of aliphatic carboxylic acids is 1. The summed E-state index contributed by atoms with van der Waals surface area (Å²) in [6.45, 7) is 0.476. The number of carbonyl (C=O) groups excluding carboxylic acids is 2. The second-order valence-corrected chi connectivity index (χ2v) is 7.32. The second-order valence-electron chi connectivity index (χ2n) is 6.17. The van der Waals surface area contributed by atoms with Crippen molar-refractivity contribution in [2.75, 3.05) is 30.5 Å². The molecular weight excluding hydrogens is 384 g/mol. The van der Waals surface area contributed by atoms with Crippen LogP contribution in [0.2, 0.25) is 0 Å². The summed E-state index contributed by atoms with van der Waals surface area (Å²) in [5.41, 5.74) is 0.611. The lowest BCUT2D eigenvalue weighted by atomic mass is 10.2. The van der Waals surface area contributed by atoms with Crippen LogP contribution in [0, 0.1) is 0 Å². The van der Waals surface area contributed by atoms with Crippen LogP contribution in [0.5, 0.6) is 0 Å². The Morgan fingerprint density at radius 3 is 2.50 bits per heavy atom. The first-order chi connectivity index (χ1) is 13.4. The number of benzene rings is 1. The smallest absolute Gasteiger partial charge is 0.303 e. The van der Waals surface area contributed by atoms with Crippen LogP contribution in [0.3, 0.4) is 0 Å². The van der Waals surface area contributed by atoms with E-state index in [1.165, 1.54) is 11.8 Å². The van der Waals surface area contributed by atoms with Crippen molar-refractivity contribution in [1.29, 1.82) is 0 Å². The zero-order chi connectivity index (χ0) is 20.8. The second kappa shape index (κ2) is 14.0. The van der Waals surface area contributed by atoms with Crippen LogP contribution in [-0.2, 0) is 19.1 Å². The van der Waals surface area contributed by atoms with Gasteiger partial charge in [0.25, 0.3) is 0 Å². The third-order valence-electron chi connectivity index (χ3n) is 3.78. The monoisotopic (exact) mass is 412 g/mol. The highest BCUT2D eigenvalue weighted by Gasteiger charge is 2.21. The van der Waals surface area contributed by atoms with Crippen LogP contribution in [0.25, 0.3) is 0 Å². The fourth-order valence-corrected chi connectivity index (χ4v) is 3.27. The molecule has 0 aliphatic rings. The van der Waals surface area contributed by atoms with Gasteiger partial charge >= 0.3 is 5.97 Å². The van der Waals surface area contributed by atoms with Gasteiger partial charge in [-0.3, -0.25) is 14.4 Å². The summed E-state index contributed by atoms with van der Waals surface area (Å²) in [6.07, 6.45) is -0.0780. The molecule has 9 heteroatoms. The zero-order valence-corrected chi connectivity index (χ0v) is 16.7. The Morgan fingerprint density at radius 2 is 1.86 bits per heavy atom. The molecule has 0 bridgehead atoms. The minimum absolute atomic E-state index is 0.187. The molecule has 1 rings (SSSR count). The number of carboxylic acid groups (broad SMARTS) is 1. The van der Waals surface area contributed by atoms with E-state index in [1.54, 1.807) is 31.4 Å². The van der Waals surface area contributed by atoms with Crippen molar-refractivity contribution >= 4 is 35.2 Å². The molecule has 0 heterocycles. The van der Waals surface area contributed by atoms with Gasteiger partial charge in [-0.25, -0.2) is 0 Å². The number of ether oxygens (including phenoxy) is 1. The molecule has 2 amide bonds. The normalized spacial score (nSPS) is 12.8. The number of amides is 2. The number of carboxylic acids is 1. The predicted molar refractivity (Wildman–Crippen MR) is 108 cm³/mol. The lowest BCUT2D eigenvalue weighted by Gasteiger charge is -2.19. The molecule has 0 fully saturated rings. The van der Waals surface area contributed by atoms with Gasteiger partial charge in [-0.1, -0.05) is 18.2 Å². The Labute approximate surface area is 169 Å². The Kier molecular flexibility index (Phi) is 11.9. The molecule has 0 spiro atoms. The molecule has 0 radical (unpaired) electrons. The number of thioether (sulfide) groups is 1. The van der Waals surface area contributed by atoms with Crippen molar-refractivity contribution < 1.29 is 29.3 Å². The number of methoxy groups -OCH3 is 1. The molecule has 2 atom stereocenters. The summed E-state index contributed by atoms with van der Waals surface area (Å²) in [5.74, 6) is -0.864. The summed E-state index contributed by atoms with van der Waals surface area (Å²) < 4.78 is 4.92. The molecule has 1 aromatic rings. The Hall–Kier alpha value is -2.10. The van der Waals surface area contributed by atoms with E-state index in [0.29, 0.717) is 36.6 Å². The first-order valence-corrected chi connectivity index (χ1v) is 10.2. The number of aliphatic hydroxyl groups excluding tert-OH is 1. The van der Waals surface area contributed by atoms with Gasteiger partial charge in [-0.15, -0.1) is 0 Å². The minimum Gasteiger partial charge on any atom is -0.481 e. The van der Waals surface area contributed by atoms with E-state index in [0.717, 1.165) is 0 Å². The molecule has 0 aliphatic heterocycles. The third kappa shape index (κ3) is 10.9. The lowest BCUT2D eigenvalue weighted by Crippen LogP contribution is -2.44. The highest BCUT2D eigenvalue weighted by molar-refractivity contribution is 7.99. The maximum atomic E-state index is 12.5. The van der Waals surface area contributed by atoms with Crippen LogP contribution in [-0.4, -0.2) is 65.4 Å². The van der Waals surface area contributed by atoms with Crippen LogP contribution < -0.4 is 10.6 Å². The Bertz CT molecular complexity index is 614. The van der Waals surface area contributed by atoms with Crippen LogP contribution in [0.15, 0.2) is 30.3 Å². The average Bonchev–Trinajstić information content (AvgIpc) is 2.67. The highest BCUT2D eigenvalue weighted by Crippen LogP contribution is 2.12. The third-order valence-corrected chi connectivity index (χ3v) is 4.92. The molecule has 0 saturated heterocycles. The fraction of sp³-hybridized carbons (Fsp3) is 0.526. The summed E-state index contributed by atoms with van der Waals surface area (Å²) >= 11 is 1.48. The number of para-hydroxylation sites is 1. The Balaban J connectivity index is 2.55. The predicted octanol–water partition coefficient (Wildman–Crippen LogP) is 1.50. The number of aliphatic hydroxyl groups is 1. The van der Waals surface area contributed by atoms with E-state index in [1.807, 2.05) is 6.07 Å². The number of hydrogen-bond acceptors (Lipinski definition) is 6. The molecule has 0 aliphatic carbocycles. The van der Waals surface area contributed by atoms with Gasteiger partial charge in [0.05, 0.1) is 12.5 Å². The highest BCUT2D eigenvalue weighted by atomic mass is 32.2. The average molecular weight is 413 g/mol. The molecule has 0 saturated carbocycles. The summed E-state index contributed by atoms with van der Waals surface area (Å²) in [7, 11) is 1.57. The van der Waals surface area contributed by atoms with Gasteiger partial charge in [-0.2, -0.15) is 11.8 Å². The lowest BCUT2D eigenvalue weighted by molar-refractivity contribution is -0.139. The SMILES string of the molecule is COCCC(O)CSCCC(NC(=O)CCC(=O)O)C(=O)Nc1ccccc1. The van der Waals surface area contributed by atoms with Gasteiger partial charge in [0.15, 0.2) is 0 Å². The van der Waals surface area contributed by atoms with Gasteiger partial charge in [0.1, 0.15) is 6.04 Å². The molecule has 28 heavy (non-hydrogen) atoms. The van der Waals surface area contributed by atoms with Crippen LogP contribution in [0.4, 0.5) is 5.69 Å². The number of anilines is 1. The van der Waals surface area contributed by atoms with Crippen molar-refractivity contribution in [1.82, 2.24) is 5.32 Å². The van der Waals surface area contributed by atoms with E-state index in [4.69, 9.17) is 9.84 Å². The maximum Gasteiger partial charge on any atom is 0.303 e. The van der Waals surface area contributed by atoms with Gasteiger partial charge in [-0.05, 0) is 30.7 Å². The van der Waals surface area contributed by atoms with Crippen LogP contribution >= 0.6 is 11.8 Å². The van der Waals surface area contributed by atoms with Crippen molar-refractivity contribution in [3.05, 3.63) is 30.3 Å². The van der Waals surface area contributed by atoms with E-state index < -0.39 is 24.0 Å². The molecule has 156 valence electrons. The molecule has 4 N–H and O–H groups in total. The largest absolute Gasteiger partial charge is 0.481 e. The summed E-state index contributed by atoms with van der Waals surface area (Å²) in [6, 6.07) is 8.09. The van der Waals surface area contributed by atoms with Crippen LogP contribution in [0.1, 0.15) is 25.7 Å². The topological polar surface area (TPSA) is 125 Å². The number of nitrogens with one attached hydrogen (secondary N) is 2. The zero-order valence-electron chi connectivity index (χ0n) is 15.9. The van der Waals surface area contributed by atoms with E-state index >= 15 is 0 Å². The molecular formula is C19H28N2O6S. The van der Waals surface area contributed by atoms with E-state index in [2.05, 4.69) is 10.6 Å². The van der Waals surface area contributed by atoms with Gasteiger partial charge < -0.3 is 25.6 Å². The molecule has 0 aromatic heterocycles. The van der Waals surface area contributed by atoms with Crippen molar-refractivity contribution in [3.8, 4) is 0 Å². The maximum absolute atomic E-state index is 12.5. The number of carbonyl (C=O) groups is 3. The first kappa shape index (κ1) is 23.9. The van der Waals surface area contributed by atoms with Crippen molar-refractivity contribution in [2.45, 2.75) is 37.8 Å².